The number of aromatic hydroxyl groups is 1. The summed E-state index contributed by atoms with van der Waals surface area (Å²) >= 11 is 0. The quantitative estimate of drug-likeness (QED) is 0.797. The number of hydrogen-bond acceptors (Lipinski definition) is 2. The molecule has 0 atom stereocenters. The third kappa shape index (κ3) is 5.24. The van der Waals surface area contributed by atoms with E-state index in [2.05, 4.69) is 27.7 Å². The maximum atomic E-state index is 10.7. The van der Waals surface area contributed by atoms with E-state index in [1.807, 2.05) is 12.1 Å². The highest BCUT2D eigenvalue weighted by Gasteiger charge is 2.13. The molecule has 0 aromatic heterocycles. The van der Waals surface area contributed by atoms with Crippen LogP contribution in [0.25, 0.3) is 0 Å². The zero-order valence-corrected chi connectivity index (χ0v) is 12.9. The zero-order valence-electron chi connectivity index (χ0n) is 12.9. The van der Waals surface area contributed by atoms with Gasteiger partial charge in [-0.3, -0.25) is 4.79 Å². The van der Waals surface area contributed by atoms with Crippen molar-refractivity contribution in [1.29, 1.82) is 0 Å². The topological polar surface area (TPSA) is 57.5 Å². The minimum absolute atomic E-state index is 0.132. The molecule has 0 radical (unpaired) electrons. The average Bonchev–Trinajstić information content (AvgIpc) is 2.30. The summed E-state index contributed by atoms with van der Waals surface area (Å²) in [7, 11) is 0. The van der Waals surface area contributed by atoms with Crippen molar-refractivity contribution < 1.29 is 15.0 Å². The van der Waals surface area contributed by atoms with Crippen LogP contribution in [0.5, 0.6) is 5.75 Å². The Labute approximate surface area is 121 Å². The van der Waals surface area contributed by atoms with Gasteiger partial charge >= 0.3 is 5.97 Å². The second-order valence-corrected chi connectivity index (χ2v) is 6.35. The summed E-state index contributed by atoms with van der Waals surface area (Å²) < 4.78 is 0. The third-order valence-corrected chi connectivity index (χ3v) is 3.21. The molecule has 0 spiro atoms. The summed E-state index contributed by atoms with van der Waals surface area (Å²) in [5, 5.41) is 19.2. The molecule has 1 rings (SSSR count). The lowest BCUT2D eigenvalue weighted by atomic mass is 9.92. The first kappa shape index (κ1) is 16.5. The first-order chi connectivity index (χ1) is 9.29. The van der Waals surface area contributed by atoms with Crippen LogP contribution in [0.4, 0.5) is 0 Å². The van der Waals surface area contributed by atoms with Gasteiger partial charge in [0.25, 0.3) is 0 Å². The second-order valence-electron chi connectivity index (χ2n) is 6.35. The van der Waals surface area contributed by atoms with E-state index in [1.54, 1.807) is 0 Å². The van der Waals surface area contributed by atoms with Gasteiger partial charge in [-0.1, -0.05) is 39.8 Å². The van der Waals surface area contributed by atoms with Crippen LogP contribution < -0.4 is 0 Å². The molecule has 0 amide bonds. The monoisotopic (exact) mass is 278 g/mol. The van der Waals surface area contributed by atoms with Gasteiger partial charge in [0, 0.05) is 6.42 Å². The normalized spacial score (nSPS) is 11.3. The summed E-state index contributed by atoms with van der Waals surface area (Å²) in [5.74, 6) is 0.533. The van der Waals surface area contributed by atoms with Crippen LogP contribution in [0.1, 0.15) is 50.8 Å². The Morgan fingerprint density at radius 2 is 1.50 bits per heavy atom. The van der Waals surface area contributed by atoms with Crippen LogP contribution >= 0.6 is 0 Å². The van der Waals surface area contributed by atoms with Crippen molar-refractivity contribution in [2.75, 3.05) is 0 Å². The largest absolute Gasteiger partial charge is 0.507 e. The molecular formula is C17H26O3. The molecule has 0 heterocycles. The number of benzene rings is 1. The SMILES string of the molecule is CC(C)Cc1cc(CCC(=O)O)cc(CC(C)C)c1O. The van der Waals surface area contributed by atoms with Crippen LogP contribution in [-0.2, 0) is 24.1 Å². The minimum atomic E-state index is -0.783. The molecule has 0 bridgehead atoms. The Balaban J connectivity index is 3.08. The van der Waals surface area contributed by atoms with Gasteiger partial charge in [0.15, 0.2) is 0 Å². The molecule has 0 fully saturated rings. The predicted molar refractivity (Wildman–Crippen MR) is 81.1 cm³/mol. The highest BCUT2D eigenvalue weighted by atomic mass is 16.4. The standard InChI is InChI=1S/C17H26O3/c1-11(2)7-14-9-13(5-6-16(18)19)10-15(17(14)20)8-12(3)4/h9-12,20H,5-8H2,1-4H3,(H,18,19). The van der Waals surface area contributed by atoms with Crippen LogP contribution in [0.3, 0.4) is 0 Å². The molecule has 0 unspecified atom stereocenters. The van der Waals surface area contributed by atoms with E-state index in [0.717, 1.165) is 29.5 Å². The Kier molecular flexibility index (Phi) is 6.05. The van der Waals surface area contributed by atoms with Gasteiger partial charge in [-0.2, -0.15) is 0 Å². The van der Waals surface area contributed by atoms with Crippen molar-refractivity contribution in [3.63, 3.8) is 0 Å². The number of phenolic OH excluding ortho intramolecular Hbond substituents is 1. The molecular weight excluding hydrogens is 252 g/mol. The number of phenols is 1. The van der Waals surface area contributed by atoms with E-state index >= 15 is 0 Å². The summed E-state index contributed by atoms with van der Waals surface area (Å²) in [6, 6.07) is 3.92. The third-order valence-electron chi connectivity index (χ3n) is 3.21. The number of carboxylic acid groups (broad SMARTS) is 1. The lowest BCUT2D eigenvalue weighted by Gasteiger charge is -2.15. The van der Waals surface area contributed by atoms with Gasteiger partial charge in [0.1, 0.15) is 5.75 Å². The second kappa shape index (κ2) is 7.32. The molecule has 1 aromatic carbocycles. The van der Waals surface area contributed by atoms with E-state index in [-0.39, 0.29) is 6.42 Å². The summed E-state index contributed by atoms with van der Waals surface area (Å²) in [6.45, 7) is 8.47. The van der Waals surface area contributed by atoms with Crippen LogP contribution in [0.15, 0.2) is 12.1 Å². The fourth-order valence-electron chi connectivity index (χ4n) is 2.42. The number of hydrogen-bond donors (Lipinski definition) is 2. The maximum absolute atomic E-state index is 10.7. The van der Waals surface area contributed by atoms with E-state index in [0.29, 0.717) is 24.0 Å². The molecule has 3 nitrogen and oxygen atoms in total. The minimum Gasteiger partial charge on any atom is -0.507 e. The van der Waals surface area contributed by atoms with Crippen LogP contribution in [0.2, 0.25) is 0 Å². The maximum Gasteiger partial charge on any atom is 0.303 e. The van der Waals surface area contributed by atoms with Gasteiger partial charge in [0.2, 0.25) is 0 Å². The Morgan fingerprint density at radius 3 is 1.85 bits per heavy atom. The lowest BCUT2D eigenvalue weighted by molar-refractivity contribution is -0.136. The van der Waals surface area contributed by atoms with Crippen LogP contribution in [0, 0.1) is 11.8 Å². The predicted octanol–water partition coefficient (Wildman–Crippen LogP) is 3.81. The summed E-state index contributed by atoms with van der Waals surface area (Å²) in [6.07, 6.45) is 2.29. The Bertz CT molecular complexity index is 430. The number of aryl methyl sites for hydroxylation is 1. The van der Waals surface area contributed by atoms with Gasteiger partial charge in [0.05, 0.1) is 0 Å². The fourth-order valence-corrected chi connectivity index (χ4v) is 2.42. The van der Waals surface area contributed by atoms with E-state index in [1.165, 1.54) is 0 Å². The molecule has 0 saturated heterocycles. The highest BCUT2D eigenvalue weighted by Crippen LogP contribution is 2.29. The molecule has 20 heavy (non-hydrogen) atoms. The Hall–Kier alpha value is -1.51. The van der Waals surface area contributed by atoms with Crippen molar-refractivity contribution in [3.05, 3.63) is 28.8 Å². The molecule has 1 aromatic rings. The van der Waals surface area contributed by atoms with Gasteiger partial charge < -0.3 is 10.2 Å². The van der Waals surface area contributed by atoms with Crippen molar-refractivity contribution in [2.45, 2.75) is 53.4 Å². The molecule has 0 saturated carbocycles. The van der Waals surface area contributed by atoms with E-state index in [9.17, 15) is 9.90 Å². The zero-order chi connectivity index (χ0) is 15.3. The van der Waals surface area contributed by atoms with Crippen molar-refractivity contribution in [3.8, 4) is 5.75 Å². The van der Waals surface area contributed by atoms with Crippen molar-refractivity contribution in [2.24, 2.45) is 11.8 Å². The number of aliphatic carboxylic acids is 1. The van der Waals surface area contributed by atoms with Crippen molar-refractivity contribution >= 4 is 5.97 Å². The number of carboxylic acids is 1. The number of carbonyl (C=O) groups is 1. The summed E-state index contributed by atoms with van der Waals surface area (Å²) in [4.78, 5) is 10.7. The molecule has 112 valence electrons. The Morgan fingerprint density at radius 1 is 1.05 bits per heavy atom. The van der Waals surface area contributed by atoms with Crippen molar-refractivity contribution in [1.82, 2.24) is 0 Å². The molecule has 0 aliphatic rings. The van der Waals surface area contributed by atoms with E-state index in [4.69, 9.17) is 5.11 Å². The molecule has 2 N–H and O–H groups in total. The van der Waals surface area contributed by atoms with Gasteiger partial charge in [-0.15, -0.1) is 0 Å². The smallest absolute Gasteiger partial charge is 0.303 e. The molecule has 0 aliphatic carbocycles. The van der Waals surface area contributed by atoms with E-state index < -0.39 is 5.97 Å². The molecule has 0 aliphatic heterocycles. The van der Waals surface area contributed by atoms with Crippen LogP contribution in [-0.4, -0.2) is 16.2 Å². The average molecular weight is 278 g/mol. The highest BCUT2D eigenvalue weighted by molar-refractivity contribution is 5.67. The first-order valence-electron chi connectivity index (χ1n) is 7.35. The molecule has 3 heteroatoms. The fraction of sp³-hybridized carbons (Fsp3) is 0.588. The number of rotatable bonds is 7. The van der Waals surface area contributed by atoms with Gasteiger partial charge in [-0.25, -0.2) is 0 Å². The summed E-state index contributed by atoms with van der Waals surface area (Å²) in [5.41, 5.74) is 2.90. The van der Waals surface area contributed by atoms with Gasteiger partial charge in [-0.05, 0) is 47.8 Å². The first-order valence-corrected chi connectivity index (χ1v) is 7.35. The lowest BCUT2D eigenvalue weighted by Crippen LogP contribution is -2.04.